The van der Waals surface area contributed by atoms with Crippen LogP contribution < -0.4 is 5.32 Å². The van der Waals surface area contributed by atoms with E-state index in [-0.39, 0.29) is 5.91 Å². The van der Waals surface area contributed by atoms with Gasteiger partial charge in [0.15, 0.2) is 0 Å². The normalized spacial score (nSPS) is 13.2. The van der Waals surface area contributed by atoms with Crippen LogP contribution in [0.25, 0.3) is 10.9 Å². The molecule has 106 valence electrons. The maximum Gasteiger partial charge on any atom is 0.326 e. The van der Waals surface area contributed by atoms with Gasteiger partial charge in [-0.25, -0.2) is 4.79 Å². The summed E-state index contributed by atoms with van der Waals surface area (Å²) in [5, 5.41) is 12.6. The summed E-state index contributed by atoms with van der Waals surface area (Å²) < 4.78 is 0. The van der Waals surface area contributed by atoms with Crippen molar-refractivity contribution in [1.29, 1.82) is 0 Å². The molecule has 0 radical (unpaired) electrons. The molecular weight excluding hydrogens is 256 g/mol. The fourth-order valence-corrected chi connectivity index (χ4v) is 2.14. The van der Waals surface area contributed by atoms with E-state index in [0.29, 0.717) is 5.56 Å². The molecule has 0 bridgehead atoms. The Labute approximate surface area is 117 Å². The SMILES string of the molecule is CC(C)(C)C(NC(=O)c1cccc2[nH]ccc12)C(=O)O. The Morgan fingerprint density at radius 2 is 1.95 bits per heavy atom. The number of aromatic nitrogens is 1. The highest BCUT2D eigenvalue weighted by Crippen LogP contribution is 2.22. The maximum atomic E-state index is 12.3. The highest BCUT2D eigenvalue weighted by atomic mass is 16.4. The summed E-state index contributed by atoms with van der Waals surface area (Å²) in [6.45, 7) is 5.34. The van der Waals surface area contributed by atoms with E-state index in [1.54, 1.807) is 45.2 Å². The minimum absolute atomic E-state index is 0.377. The van der Waals surface area contributed by atoms with Gasteiger partial charge in [-0.05, 0) is 23.6 Å². The van der Waals surface area contributed by atoms with Crippen molar-refractivity contribution >= 4 is 22.8 Å². The van der Waals surface area contributed by atoms with E-state index < -0.39 is 17.4 Å². The molecule has 2 aromatic rings. The first-order valence-corrected chi connectivity index (χ1v) is 6.40. The number of hydrogen-bond donors (Lipinski definition) is 3. The first-order valence-electron chi connectivity index (χ1n) is 6.40. The molecule has 0 saturated heterocycles. The molecule has 3 N–H and O–H groups in total. The Morgan fingerprint density at radius 1 is 1.25 bits per heavy atom. The van der Waals surface area contributed by atoms with Crippen molar-refractivity contribution in [2.45, 2.75) is 26.8 Å². The van der Waals surface area contributed by atoms with E-state index in [4.69, 9.17) is 0 Å². The first kappa shape index (κ1) is 14.1. The molecule has 5 nitrogen and oxygen atoms in total. The summed E-state index contributed by atoms with van der Waals surface area (Å²) in [6.07, 6.45) is 1.75. The zero-order valence-electron chi connectivity index (χ0n) is 11.7. The van der Waals surface area contributed by atoms with Crippen LogP contribution in [0, 0.1) is 5.41 Å². The van der Waals surface area contributed by atoms with E-state index in [2.05, 4.69) is 10.3 Å². The molecule has 5 heteroatoms. The second kappa shape index (κ2) is 5.00. The van der Waals surface area contributed by atoms with Crippen LogP contribution in [0.15, 0.2) is 30.5 Å². The van der Waals surface area contributed by atoms with Gasteiger partial charge in [0.05, 0.1) is 0 Å². The van der Waals surface area contributed by atoms with Gasteiger partial charge >= 0.3 is 5.97 Å². The van der Waals surface area contributed by atoms with Crippen LogP contribution in [0.5, 0.6) is 0 Å². The zero-order valence-corrected chi connectivity index (χ0v) is 11.7. The third-order valence-corrected chi connectivity index (χ3v) is 3.23. The molecule has 0 aliphatic rings. The fourth-order valence-electron chi connectivity index (χ4n) is 2.14. The van der Waals surface area contributed by atoms with Gasteiger partial charge in [-0.2, -0.15) is 0 Å². The van der Waals surface area contributed by atoms with E-state index in [1.165, 1.54) is 0 Å². The largest absolute Gasteiger partial charge is 0.480 e. The molecule has 1 aromatic carbocycles. The number of fused-ring (bicyclic) bond motifs is 1. The zero-order chi connectivity index (χ0) is 14.9. The Morgan fingerprint density at radius 3 is 2.55 bits per heavy atom. The van der Waals surface area contributed by atoms with E-state index in [1.807, 2.05) is 6.07 Å². The van der Waals surface area contributed by atoms with Gasteiger partial charge < -0.3 is 15.4 Å². The topological polar surface area (TPSA) is 82.2 Å². The lowest BCUT2D eigenvalue weighted by Crippen LogP contribution is -2.49. The molecule has 0 aliphatic carbocycles. The lowest BCUT2D eigenvalue weighted by atomic mass is 9.86. The monoisotopic (exact) mass is 274 g/mol. The van der Waals surface area contributed by atoms with Crippen molar-refractivity contribution in [2.24, 2.45) is 5.41 Å². The standard InChI is InChI=1S/C15H18N2O3/c1-15(2,3)12(14(19)20)17-13(18)10-5-4-6-11-9(10)7-8-16-11/h4-8,12,16H,1-3H3,(H,17,18)(H,19,20). The van der Waals surface area contributed by atoms with E-state index in [0.717, 1.165) is 10.9 Å². The van der Waals surface area contributed by atoms with Crippen molar-refractivity contribution in [3.8, 4) is 0 Å². The van der Waals surface area contributed by atoms with Gasteiger partial charge in [-0.3, -0.25) is 4.79 Å². The maximum absolute atomic E-state index is 12.3. The molecule has 1 unspecified atom stereocenters. The molecule has 1 aromatic heterocycles. The summed E-state index contributed by atoms with van der Waals surface area (Å²) >= 11 is 0. The van der Waals surface area contributed by atoms with Gasteiger partial charge in [0, 0.05) is 22.7 Å². The fraction of sp³-hybridized carbons (Fsp3) is 0.333. The average molecular weight is 274 g/mol. The second-order valence-corrected chi connectivity index (χ2v) is 5.86. The highest BCUT2D eigenvalue weighted by Gasteiger charge is 2.33. The summed E-state index contributed by atoms with van der Waals surface area (Å²) in [5.41, 5.74) is 0.757. The number of amides is 1. The summed E-state index contributed by atoms with van der Waals surface area (Å²) in [5.74, 6) is -1.41. The molecule has 20 heavy (non-hydrogen) atoms. The third-order valence-electron chi connectivity index (χ3n) is 3.23. The van der Waals surface area contributed by atoms with E-state index >= 15 is 0 Å². The number of benzene rings is 1. The second-order valence-electron chi connectivity index (χ2n) is 5.86. The van der Waals surface area contributed by atoms with Crippen molar-refractivity contribution in [3.63, 3.8) is 0 Å². The Bertz CT molecular complexity index is 652. The number of rotatable bonds is 3. The Hall–Kier alpha value is -2.30. The number of carbonyl (C=O) groups excluding carboxylic acids is 1. The number of hydrogen-bond acceptors (Lipinski definition) is 2. The molecular formula is C15H18N2O3. The number of nitrogens with one attached hydrogen (secondary N) is 2. The average Bonchev–Trinajstić information content (AvgIpc) is 2.81. The van der Waals surface area contributed by atoms with Gasteiger partial charge in [0.1, 0.15) is 6.04 Å². The minimum atomic E-state index is -1.04. The summed E-state index contributed by atoms with van der Waals surface area (Å²) in [7, 11) is 0. The molecule has 1 heterocycles. The smallest absolute Gasteiger partial charge is 0.326 e. The molecule has 0 saturated carbocycles. The van der Waals surface area contributed by atoms with E-state index in [9.17, 15) is 14.7 Å². The molecule has 0 fully saturated rings. The highest BCUT2D eigenvalue weighted by molar-refractivity contribution is 6.07. The number of carboxylic acids is 1. The van der Waals surface area contributed by atoms with Crippen LogP contribution in [0.3, 0.4) is 0 Å². The van der Waals surface area contributed by atoms with Crippen LogP contribution in [0.1, 0.15) is 31.1 Å². The molecule has 2 rings (SSSR count). The molecule has 0 aliphatic heterocycles. The summed E-state index contributed by atoms with van der Waals surface area (Å²) in [6, 6.07) is 6.18. The van der Waals surface area contributed by atoms with Crippen LogP contribution in [-0.4, -0.2) is 28.0 Å². The van der Waals surface area contributed by atoms with Crippen molar-refractivity contribution in [2.75, 3.05) is 0 Å². The molecule has 1 amide bonds. The third kappa shape index (κ3) is 2.66. The van der Waals surface area contributed by atoms with Gasteiger partial charge in [0.2, 0.25) is 0 Å². The number of aliphatic carboxylic acids is 1. The van der Waals surface area contributed by atoms with Crippen LogP contribution in [0.4, 0.5) is 0 Å². The van der Waals surface area contributed by atoms with Crippen LogP contribution >= 0.6 is 0 Å². The van der Waals surface area contributed by atoms with Crippen LogP contribution in [0.2, 0.25) is 0 Å². The molecule has 0 spiro atoms. The predicted octanol–water partition coefficient (Wildman–Crippen LogP) is 2.40. The van der Waals surface area contributed by atoms with Gasteiger partial charge in [0.25, 0.3) is 5.91 Å². The van der Waals surface area contributed by atoms with Crippen molar-refractivity contribution in [1.82, 2.24) is 10.3 Å². The Balaban J connectivity index is 2.32. The van der Waals surface area contributed by atoms with Gasteiger partial charge in [-0.15, -0.1) is 0 Å². The number of H-pyrrole nitrogens is 1. The number of carboxylic acid groups (broad SMARTS) is 1. The van der Waals surface area contributed by atoms with Crippen molar-refractivity contribution in [3.05, 3.63) is 36.0 Å². The predicted molar refractivity (Wildman–Crippen MR) is 76.6 cm³/mol. The minimum Gasteiger partial charge on any atom is -0.480 e. The van der Waals surface area contributed by atoms with Crippen molar-refractivity contribution < 1.29 is 14.7 Å². The Kier molecular flexibility index (Phi) is 3.53. The lowest BCUT2D eigenvalue weighted by Gasteiger charge is -2.27. The number of carbonyl (C=O) groups is 2. The molecule has 1 atom stereocenters. The summed E-state index contributed by atoms with van der Waals surface area (Å²) in [4.78, 5) is 26.7. The van der Waals surface area contributed by atoms with Crippen LogP contribution in [-0.2, 0) is 4.79 Å². The number of aromatic amines is 1. The first-order chi connectivity index (χ1) is 9.30. The lowest BCUT2D eigenvalue weighted by molar-refractivity contribution is -0.142. The van der Waals surface area contributed by atoms with Gasteiger partial charge in [-0.1, -0.05) is 26.8 Å². The quantitative estimate of drug-likeness (QED) is 0.803.